The van der Waals surface area contributed by atoms with Gasteiger partial charge in [0.2, 0.25) is 0 Å². The normalized spacial score (nSPS) is 24.9. The van der Waals surface area contributed by atoms with E-state index in [0.717, 1.165) is 33.3 Å². The lowest BCUT2D eigenvalue weighted by Crippen LogP contribution is -2.35. The number of hydrogen-bond acceptors (Lipinski definition) is 3. The van der Waals surface area contributed by atoms with E-state index < -0.39 is 12.5 Å². The van der Waals surface area contributed by atoms with Gasteiger partial charge >= 0.3 is 0 Å². The molecule has 3 nitrogen and oxygen atoms in total. The van der Waals surface area contributed by atoms with Crippen LogP contribution in [-0.4, -0.2) is 11.4 Å². The Morgan fingerprint density at radius 2 is 1.50 bits per heavy atom. The largest absolute Gasteiger partial charge is 0.438 e. The fraction of sp³-hybridized carbons (Fsp3) is 0.125. The van der Waals surface area contributed by atoms with E-state index in [-0.39, 0.29) is 0 Å². The van der Waals surface area contributed by atoms with E-state index in [1.165, 1.54) is 0 Å². The number of rotatable bonds is 1. The van der Waals surface area contributed by atoms with Crippen LogP contribution >= 0.6 is 7.37 Å². The van der Waals surface area contributed by atoms with Crippen molar-refractivity contribution in [1.29, 1.82) is 0 Å². The summed E-state index contributed by atoms with van der Waals surface area (Å²) < 4.78 is 20.9. The molecule has 0 N–H and O–H groups in total. The van der Waals surface area contributed by atoms with Gasteiger partial charge in [-0.25, -0.2) is 0 Å². The van der Waals surface area contributed by atoms with Crippen LogP contribution in [0.4, 0.5) is 5.69 Å². The molecule has 0 radical (unpaired) electrons. The van der Waals surface area contributed by atoms with Gasteiger partial charge in [0.15, 0.2) is 0 Å². The van der Waals surface area contributed by atoms with E-state index in [9.17, 15) is 4.57 Å². The Bertz CT molecular complexity index is 1210. The van der Waals surface area contributed by atoms with E-state index in [1.807, 2.05) is 92.7 Å². The summed E-state index contributed by atoms with van der Waals surface area (Å²) in [7, 11) is -3.34. The van der Waals surface area contributed by atoms with Crippen molar-refractivity contribution >= 4 is 30.1 Å². The molecule has 0 aromatic heterocycles. The minimum Gasteiger partial charge on any atom is -0.438 e. The molecule has 0 bridgehead atoms. The van der Waals surface area contributed by atoms with Gasteiger partial charge in [-0.3, -0.25) is 9.56 Å². The summed E-state index contributed by atoms with van der Waals surface area (Å²) in [6.07, 6.45) is 3.85. The molecule has 0 amide bonds. The topological polar surface area (TPSA) is 38.7 Å². The zero-order chi connectivity index (χ0) is 19.4. The van der Waals surface area contributed by atoms with Crippen molar-refractivity contribution < 1.29 is 9.09 Å². The molecule has 3 aromatic carbocycles. The molecule has 0 fully saturated rings. The van der Waals surface area contributed by atoms with Crippen molar-refractivity contribution in [3.05, 3.63) is 84.4 Å². The van der Waals surface area contributed by atoms with E-state index in [2.05, 4.69) is 0 Å². The van der Waals surface area contributed by atoms with Crippen molar-refractivity contribution in [3.8, 4) is 16.9 Å². The summed E-state index contributed by atoms with van der Waals surface area (Å²) in [4.78, 5) is 4.71. The Morgan fingerprint density at radius 3 is 2.32 bits per heavy atom. The maximum Gasteiger partial charge on any atom is 0.292 e. The number of allylic oxidation sites excluding steroid dienone is 2. The SMILES string of the molecule is CC1=CC(C)(P2(=O)Oc3ccccc3-c3ccccc32)C=Nc2ccccc21. The summed E-state index contributed by atoms with van der Waals surface area (Å²) in [5, 5.41) is -0.114. The van der Waals surface area contributed by atoms with Crippen LogP contribution in [0.2, 0.25) is 0 Å². The Kier molecular flexibility index (Phi) is 3.72. The molecule has 138 valence electrons. The van der Waals surface area contributed by atoms with E-state index in [1.54, 1.807) is 6.21 Å². The van der Waals surface area contributed by atoms with Crippen LogP contribution < -0.4 is 9.83 Å². The standard InChI is InChI=1S/C24H20NO2P/c1-17-15-24(2,16-25-21-12-6-3-9-18(17)21)28(26)23-14-8-5-11-20(23)19-10-4-7-13-22(19)27-28/h3-16H,1-2H3. The Balaban J connectivity index is 1.76. The van der Waals surface area contributed by atoms with Gasteiger partial charge in [0.25, 0.3) is 7.37 Å². The fourth-order valence-corrected chi connectivity index (χ4v) is 6.72. The molecule has 28 heavy (non-hydrogen) atoms. The highest BCUT2D eigenvalue weighted by Crippen LogP contribution is 2.63. The smallest absolute Gasteiger partial charge is 0.292 e. The van der Waals surface area contributed by atoms with E-state index in [0.29, 0.717) is 5.75 Å². The van der Waals surface area contributed by atoms with Crippen LogP contribution in [-0.2, 0) is 4.57 Å². The lowest BCUT2D eigenvalue weighted by Gasteiger charge is -2.37. The van der Waals surface area contributed by atoms with Gasteiger partial charge in [0.05, 0.1) is 11.0 Å². The number of fused-ring (bicyclic) bond motifs is 4. The molecule has 5 rings (SSSR count). The fourth-order valence-electron chi connectivity index (χ4n) is 4.11. The Hall–Kier alpha value is -2.90. The van der Waals surface area contributed by atoms with Gasteiger partial charge in [-0.2, -0.15) is 0 Å². The number of benzene rings is 3. The molecular formula is C24H20NO2P. The van der Waals surface area contributed by atoms with Crippen LogP contribution in [0.15, 0.2) is 83.9 Å². The van der Waals surface area contributed by atoms with Gasteiger partial charge in [-0.15, -0.1) is 0 Å². The molecule has 2 atom stereocenters. The Labute approximate surface area is 164 Å². The monoisotopic (exact) mass is 385 g/mol. The maximum absolute atomic E-state index is 14.6. The van der Waals surface area contributed by atoms with E-state index >= 15 is 0 Å². The zero-order valence-corrected chi connectivity index (χ0v) is 16.7. The Morgan fingerprint density at radius 1 is 0.857 bits per heavy atom. The van der Waals surface area contributed by atoms with Crippen LogP contribution in [0, 0.1) is 0 Å². The molecule has 2 heterocycles. The quantitative estimate of drug-likeness (QED) is 0.466. The second kappa shape index (κ2) is 6.05. The van der Waals surface area contributed by atoms with Crippen molar-refractivity contribution in [2.75, 3.05) is 0 Å². The average molecular weight is 385 g/mol. The first-order valence-electron chi connectivity index (χ1n) is 9.35. The predicted octanol–water partition coefficient (Wildman–Crippen LogP) is 6.23. The highest BCUT2D eigenvalue weighted by atomic mass is 31.2. The van der Waals surface area contributed by atoms with Crippen molar-refractivity contribution in [3.63, 3.8) is 0 Å². The molecule has 0 aliphatic carbocycles. The summed E-state index contributed by atoms with van der Waals surface area (Å²) >= 11 is 0. The first-order chi connectivity index (χ1) is 13.5. The molecule has 0 spiro atoms. The van der Waals surface area contributed by atoms with Gasteiger partial charge in [0, 0.05) is 17.3 Å². The summed E-state index contributed by atoms with van der Waals surface area (Å²) in [6.45, 7) is 4.00. The predicted molar refractivity (Wildman–Crippen MR) is 116 cm³/mol. The first kappa shape index (κ1) is 17.2. The zero-order valence-electron chi connectivity index (χ0n) is 15.8. The first-order valence-corrected chi connectivity index (χ1v) is 11.0. The minimum absolute atomic E-state index is 0.659. The second-order valence-corrected chi connectivity index (χ2v) is 10.2. The molecule has 4 heteroatoms. The molecular weight excluding hydrogens is 365 g/mol. The van der Waals surface area contributed by atoms with Crippen LogP contribution in [0.25, 0.3) is 16.7 Å². The van der Waals surface area contributed by atoms with Crippen molar-refractivity contribution in [2.45, 2.75) is 19.0 Å². The van der Waals surface area contributed by atoms with Crippen LogP contribution in [0.3, 0.4) is 0 Å². The molecule has 3 aromatic rings. The minimum atomic E-state index is -3.34. The van der Waals surface area contributed by atoms with Gasteiger partial charge in [-0.1, -0.05) is 60.7 Å². The van der Waals surface area contributed by atoms with Gasteiger partial charge in [-0.05, 0) is 43.2 Å². The number of aliphatic imine (C=N–C) groups is 1. The second-order valence-electron chi connectivity index (χ2n) is 7.48. The summed E-state index contributed by atoms with van der Waals surface area (Å²) in [5.74, 6) is 0.659. The van der Waals surface area contributed by atoms with Crippen LogP contribution in [0.1, 0.15) is 19.4 Å². The number of hydrogen-bond donors (Lipinski definition) is 0. The number of para-hydroxylation sites is 2. The lowest BCUT2D eigenvalue weighted by atomic mass is 10.0. The highest BCUT2D eigenvalue weighted by molar-refractivity contribution is 7.70. The maximum atomic E-state index is 14.6. The van der Waals surface area contributed by atoms with Crippen LogP contribution in [0.5, 0.6) is 5.75 Å². The lowest BCUT2D eigenvalue weighted by molar-refractivity contribution is 0.480. The highest BCUT2D eigenvalue weighted by Gasteiger charge is 2.50. The molecule has 2 aliphatic rings. The van der Waals surface area contributed by atoms with Gasteiger partial charge in [0.1, 0.15) is 10.9 Å². The summed E-state index contributed by atoms with van der Waals surface area (Å²) in [6, 6.07) is 23.6. The van der Waals surface area contributed by atoms with Crippen molar-refractivity contribution in [2.24, 2.45) is 4.99 Å². The third-order valence-corrected chi connectivity index (χ3v) is 8.55. The third-order valence-electron chi connectivity index (χ3n) is 5.56. The molecule has 2 unspecified atom stereocenters. The third kappa shape index (κ3) is 2.36. The number of nitrogens with zero attached hydrogens (tertiary/aromatic N) is 1. The van der Waals surface area contributed by atoms with Gasteiger partial charge < -0.3 is 4.52 Å². The summed E-state index contributed by atoms with van der Waals surface area (Å²) in [5.41, 5.74) is 4.93. The molecule has 0 saturated carbocycles. The van der Waals surface area contributed by atoms with Crippen molar-refractivity contribution in [1.82, 2.24) is 0 Å². The molecule has 0 saturated heterocycles. The average Bonchev–Trinajstić information content (AvgIpc) is 2.85. The van der Waals surface area contributed by atoms with E-state index in [4.69, 9.17) is 9.52 Å². The molecule has 2 aliphatic heterocycles.